The largest absolute Gasteiger partial charge is 0.326 e. The van der Waals surface area contributed by atoms with E-state index in [-0.39, 0.29) is 23.8 Å². The number of benzene rings is 2. The third-order valence-electron chi connectivity index (χ3n) is 4.52. The van der Waals surface area contributed by atoms with Crippen molar-refractivity contribution in [1.29, 1.82) is 0 Å². The van der Waals surface area contributed by atoms with Crippen LogP contribution in [0.4, 0.5) is 5.69 Å². The summed E-state index contributed by atoms with van der Waals surface area (Å²) in [6.07, 6.45) is 1.41. The van der Waals surface area contributed by atoms with Crippen LogP contribution in [0, 0.1) is 12.3 Å². The first-order valence-electron chi connectivity index (χ1n) is 9.06. The molecule has 0 unspecified atom stereocenters. The van der Waals surface area contributed by atoms with E-state index >= 15 is 0 Å². The van der Waals surface area contributed by atoms with Crippen molar-refractivity contribution in [2.45, 2.75) is 34.2 Å². The van der Waals surface area contributed by atoms with E-state index in [4.69, 9.17) is 0 Å². The molecular formula is C22H23N3O3. The number of rotatable bonds is 4. The fraction of sp³-hybridized carbons (Fsp3) is 0.273. The summed E-state index contributed by atoms with van der Waals surface area (Å²) >= 11 is 0. The minimum absolute atomic E-state index is 0.0938. The Morgan fingerprint density at radius 2 is 1.75 bits per heavy atom. The summed E-state index contributed by atoms with van der Waals surface area (Å²) in [7, 11) is 0. The summed E-state index contributed by atoms with van der Waals surface area (Å²) in [6.45, 7) is 7.29. The molecule has 0 radical (unpaired) electrons. The number of anilines is 1. The van der Waals surface area contributed by atoms with Gasteiger partial charge in [-0.2, -0.15) is 0 Å². The minimum atomic E-state index is -0.503. The molecule has 0 atom stereocenters. The summed E-state index contributed by atoms with van der Waals surface area (Å²) in [4.78, 5) is 41.6. The molecule has 3 aromatic rings. The predicted octanol–water partition coefficient (Wildman–Crippen LogP) is 3.57. The Labute approximate surface area is 163 Å². The Hall–Kier alpha value is -3.28. The lowest BCUT2D eigenvalue weighted by Gasteiger charge is -2.17. The van der Waals surface area contributed by atoms with Gasteiger partial charge in [-0.05, 0) is 42.8 Å². The van der Waals surface area contributed by atoms with Gasteiger partial charge in [-0.1, -0.05) is 32.9 Å². The Kier molecular flexibility index (Phi) is 5.14. The van der Waals surface area contributed by atoms with Gasteiger partial charge in [0.25, 0.3) is 5.56 Å². The van der Waals surface area contributed by atoms with Crippen LogP contribution >= 0.6 is 0 Å². The van der Waals surface area contributed by atoms with Gasteiger partial charge in [-0.3, -0.25) is 19.0 Å². The molecule has 6 nitrogen and oxygen atoms in total. The van der Waals surface area contributed by atoms with Crippen molar-refractivity contribution in [2.75, 3.05) is 5.32 Å². The van der Waals surface area contributed by atoms with E-state index < -0.39 is 5.41 Å². The molecule has 144 valence electrons. The number of carbonyl (C=O) groups excluding carboxylic acids is 2. The Bertz CT molecular complexity index is 1110. The molecule has 1 amide bonds. The van der Waals surface area contributed by atoms with E-state index in [2.05, 4.69) is 10.3 Å². The van der Waals surface area contributed by atoms with Crippen LogP contribution in [0.5, 0.6) is 0 Å². The Morgan fingerprint density at radius 3 is 2.39 bits per heavy atom. The molecule has 1 heterocycles. The van der Waals surface area contributed by atoms with Crippen molar-refractivity contribution in [2.24, 2.45) is 5.41 Å². The lowest BCUT2D eigenvalue weighted by atomic mass is 9.95. The molecule has 0 aliphatic heterocycles. The number of nitrogens with one attached hydrogen (secondary N) is 1. The second-order valence-electron chi connectivity index (χ2n) is 7.85. The SMILES string of the molecule is Cc1cccc2c(=O)n(CC(=O)c3ccc(NC(=O)C(C)(C)C)cc3)cnc12. The van der Waals surface area contributed by atoms with Crippen LogP contribution in [-0.4, -0.2) is 21.2 Å². The van der Waals surface area contributed by atoms with Crippen molar-refractivity contribution in [3.8, 4) is 0 Å². The lowest BCUT2D eigenvalue weighted by molar-refractivity contribution is -0.123. The van der Waals surface area contributed by atoms with E-state index in [0.717, 1.165) is 5.56 Å². The quantitative estimate of drug-likeness (QED) is 0.705. The number of aromatic nitrogens is 2. The van der Waals surface area contributed by atoms with E-state index in [1.165, 1.54) is 10.9 Å². The van der Waals surface area contributed by atoms with Gasteiger partial charge in [0.15, 0.2) is 5.78 Å². The predicted molar refractivity (Wildman–Crippen MR) is 110 cm³/mol. The molecule has 0 spiro atoms. The van der Waals surface area contributed by atoms with Gasteiger partial charge in [0.1, 0.15) is 0 Å². The Morgan fingerprint density at radius 1 is 1.07 bits per heavy atom. The zero-order valence-electron chi connectivity index (χ0n) is 16.4. The number of aryl methyl sites for hydroxylation is 1. The highest BCUT2D eigenvalue weighted by molar-refractivity contribution is 5.98. The average Bonchev–Trinajstić information content (AvgIpc) is 2.64. The van der Waals surface area contributed by atoms with Gasteiger partial charge in [0.05, 0.1) is 23.8 Å². The second kappa shape index (κ2) is 7.38. The van der Waals surface area contributed by atoms with Crippen LogP contribution in [0.3, 0.4) is 0 Å². The molecule has 2 aromatic carbocycles. The fourth-order valence-corrected chi connectivity index (χ4v) is 2.75. The number of nitrogens with zero attached hydrogens (tertiary/aromatic N) is 2. The summed E-state index contributed by atoms with van der Waals surface area (Å²) < 4.78 is 1.32. The number of carbonyl (C=O) groups is 2. The van der Waals surface area contributed by atoms with E-state index in [1.807, 2.05) is 33.8 Å². The van der Waals surface area contributed by atoms with Crippen molar-refractivity contribution in [1.82, 2.24) is 9.55 Å². The van der Waals surface area contributed by atoms with Gasteiger partial charge < -0.3 is 5.32 Å². The maximum atomic E-state index is 12.6. The lowest BCUT2D eigenvalue weighted by Crippen LogP contribution is -2.27. The summed E-state index contributed by atoms with van der Waals surface area (Å²) in [6, 6.07) is 12.1. The maximum Gasteiger partial charge on any atom is 0.261 e. The molecule has 1 aromatic heterocycles. The minimum Gasteiger partial charge on any atom is -0.326 e. The van der Waals surface area contributed by atoms with Crippen molar-refractivity contribution in [3.63, 3.8) is 0 Å². The first-order valence-corrected chi connectivity index (χ1v) is 9.06. The number of Topliss-reactive ketones (excluding diaryl/α,β-unsaturated/α-hetero) is 1. The van der Waals surface area contributed by atoms with E-state index in [1.54, 1.807) is 36.4 Å². The first kappa shape index (κ1) is 19.5. The number of fused-ring (bicyclic) bond motifs is 1. The zero-order chi connectivity index (χ0) is 20.5. The molecular weight excluding hydrogens is 354 g/mol. The van der Waals surface area contributed by atoms with Crippen LogP contribution in [0.1, 0.15) is 36.7 Å². The summed E-state index contributed by atoms with van der Waals surface area (Å²) in [5.41, 5.74) is 1.91. The standard InChI is InChI=1S/C22H23N3O3/c1-14-6-5-7-17-19(14)23-13-25(20(17)27)12-18(26)15-8-10-16(11-9-15)24-21(28)22(2,3)4/h5-11,13H,12H2,1-4H3,(H,24,28). The second-order valence-corrected chi connectivity index (χ2v) is 7.85. The van der Waals surface area contributed by atoms with Gasteiger partial charge in [-0.15, -0.1) is 0 Å². The van der Waals surface area contributed by atoms with E-state index in [9.17, 15) is 14.4 Å². The average molecular weight is 377 g/mol. The van der Waals surface area contributed by atoms with Gasteiger partial charge in [-0.25, -0.2) is 4.98 Å². The molecule has 0 fully saturated rings. The highest BCUT2D eigenvalue weighted by atomic mass is 16.2. The van der Waals surface area contributed by atoms with Crippen molar-refractivity contribution in [3.05, 3.63) is 70.3 Å². The maximum absolute atomic E-state index is 12.6. The van der Waals surface area contributed by atoms with Gasteiger partial charge in [0, 0.05) is 16.7 Å². The third-order valence-corrected chi connectivity index (χ3v) is 4.52. The Balaban J connectivity index is 1.78. The summed E-state index contributed by atoms with van der Waals surface area (Å²) in [5.74, 6) is -0.305. The molecule has 1 N–H and O–H groups in total. The van der Waals surface area contributed by atoms with Crippen LogP contribution in [0.2, 0.25) is 0 Å². The molecule has 0 saturated carbocycles. The highest BCUT2D eigenvalue weighted by Gasteiger charge is 2.21. The van der Waals surface area contributed by atoms with Crippen LogP contribution in [0.25, 0.3) is 10.9 Å². The molecule has 3 rings (SSSR count). The summed E-state index contributed by atoms with van der Waals surface area (Å²) in [5, 5.41) is 3.31. The topological polar surface area (TPSA) is 81.1 Å². The first-order chi connectivity index (χ1) is 13.2. The number of amides is 1. The van der Waals surface area contributed by atoms with Gasteiger partial charge >= 0.3 is 0 Å². The highest BCUT2D eigenvalue weighted by Crippen LogP contribution is 2.18. The normalized spacial score (nSPS) is 11.4. The van der Waals surface area contributed by atoms with Gasteiger partial charge in [0.2, 0.25) is 5.91 Å². The number of hydrogen-bond donors (Lipinski definition) is 1. The third kappa shape index (κ3) is 4.01. The molecule has 0 aliphatic carbocycles. The molecule has 28 heavy (non-hydrogen) atoms. The number of ketones is 1. The van der Waals surface area contributed by atoms with Crippen molar-refractivity contribution >= 4 is 28.3 Å². The van der Waals surface area contributed by atoms with Crippen LogP contribution in [-0.2, 0) is 11.3 Å². The zero-order valence-corrected chi connectivity index (χ0v) is 16.4. The molecule has 0 aliphatic rings. The number of para-hydroxylation sites is 1. The molecule has 0 saturated heterocycles. The monoisotopic (exact) mass is 377 g/mol. The van der Waals surface area contributed by atoms with E-state index in [0.29, 0.717) is 22.2 Å². The van der Waals surface area contributed by atoms with Crippen LogP contribution < -0.4 is 10.9 Å². The van der Waals surface area contributed by atoms with Crippen molar-refractivity contribution < 1.29 is 9.59 Å². The molecule has 6 heteroatoms. The fourth-order valence-electron chi connectivity index (χ4n) is 2.75. The van der Waals surface area contributed by atoms with Crippen LogP contribution in [0.15, 0.2) is 53.6 Å². The number of hydrogen-bond acceptors (Lipinski definition) is 4. The smallest absolute Gasteiger partial charge is 0.261 e. The molecule has 0 bridgehead atoms.